The first kappa shape index (κ1) is 17.9. The third-order valence-corrected chi connectivity index (χ3v) is 4.95. The minimum absolute atomic E-state index is 0.557. The van der Waals surface area contributed by atoms with Gasteiger partial charge in [-0.3, -0.25) is 0 Å². The topological polar surface area (TPSA) is 35.2 Å². The number of halogens is 1. The van der Waals surface area contributed by atoms with E-state index in [1.165, 1.54) is 0 Å². The Morgan fingerprint density at radius 1 is 0.960 bits per heavy atom. The van der Waals surface area contributed by atoms with Gasteiger partial charge in [0.25, 0.3) is 0 Å². The lowest BCUT2D eigenvalue weighted by atomic mass is 10.1. The van der Waals surface area contributed by atoms with Crippen LogP contribution in [0.25, 0.3) is 0 Å². The fourth-order valence-electron chi connectivity index (χ4n) is 2.38. The Bertz CT molecular complexity index is 836. The Morgan fingerprint density at radius 2 is 1.72 bits per heavy atom. The summed E-state index contributed by atoms with van der Waals surface area (Å²) >= 11 is 7.94. The van der Waals surface area contributed by atoms with Crippen molar-refractivity contribution in [2.75, 3.05) is 0 Å². The molecule has 0 aliphatic heterocycles. The van der Waals surface area contributed by atoms with E-state index < -0.39 is 0 Å². The van der Waals surface area contributed by atoms with Crippen molar-refractivity contribution >= 4 is 23.4 Å². The van der Waals surface area contributed by atoms with Gasteiger partial charge in [-0.05, 0) is 48.4 Å². The average Bonchev–Trinajstić information content (AvgIpc) is 2.61. The summed E-state index contributed by atoms with van der Waals surface area (Å²) in [6.07, 6.45) is 0. The second-order valence-corrected chi connectivity index (χ2v) is 7.23. The highest BCUT2D eigenvalue weighted by atomic mass is 35.5. The minimum Gasteiger partial charge on any atom is -0.489 e. The van der Waals surface area contributed by atoms with Gasteiger partial charge in [-0.2, -0.15) is 0 Å². The molecule has 0 amide bonds. The van der Waals surface area contributed by atoms with Gasteiger partial charge in [-0.25, -0.2) is 0 Å². The van der Waals surface area contributed by atoms with E-state index in [0.29, 0.717) is 11.6 Å². The summed E-state index contributed by atoms with van der Waals surface area (Å²) in [6, 6.07) is 24.8. The molecule has 0 aromatic heterocycles. The quantitative estimate of drug-likeness (QED) is 0.585. The van der Waals surface area contributed by atoms with Gasteiger partial charge in [0, 0.05) is 14.8 Å². The summed E-state index contributed by atoms with van der Waals surface area (Å²) in [5.74, 6) is 0.850. The molecule has 0 atom stereocenters. The average molecular weight is 369 g/mol. The van der Waals surface area contributed by atoms with E-state index in [2.05, 4.69) is 18.2 Å². The molecule has 0 unspecified atom stereocenters. The van der Waals surface area contributed by atoms with Gasteiger partial charge < -0.3 is 10.5 Å². The molecule has 0 spiro atoms. The van der Waals surface area contributed by atoms with Crippen LogP contribution in [-0.2, 0) is 6.61 Å². The van der Waals surface area contributed by atoms with E-state index in [4.69, 9.17) is 22.1 Å². The summed E-state index contributed by atoms with van der Waals surface area (Å²) in [5, 5.41) is 0.668. The molecule has 0 saturated carbocycles. The van der Waals surface area contributed by atoms with Crippen molar-refractivity contribution in [1.82, 2.24) is 0 Å². The van der Waals surface area contributed by atoms with Crippen LogP contribution in [-0.4, -0.2) is 0 Å². The summed E-state index contributed by atoms with van der Waals surface area (Å²) < 4.78 is 5.89. The molecule has 2 N–H and O–H groups in total. The zero-order valence-electron chi connectivity index (χ0n) is 13.9. The van der Waals surface area contributed by atoms with Crippen LogP contribution in [0.15, 0.2) is 82.6 Å². The Morgan fingerprint density at radius 3 is 2.44 bits per heavy atom. The first-order chi connectivity index (χ1) is 12.1. The zero-order chi connectivity index (χ0) is 17.6. The lowest BCUT2D eigenvalue weighted by Gasteiger charge is -2.10. The van der Waals surface area contributed by atoms with Crippen LogP contribution in [0.3, 0.4) is 0 Å². The van der Waals surface area contributed by atoms with Crippen molar-refractivity contribution < 1.29 is 4.74 Å². The minimum atomic E-state index is 0.557. The molecule has 3 rings (SSSR count). The third kappa shape index (κ3) is 5.02. The fourth-order valence-corrected chi connectivity index (χ4v) is 3.68. The van der Waals surface area contributed by atoms with Gasteiger partial charge in [-0.1, -0.05) is 65.8 Å². The van der Waals surface area contributed by atoms with Gasteiger partial charge in [0.1, 0.15) is 12.4 Å². The van der Waals surface area contributed by atoms with Gasteiger partial charge >= 0.3 is 0 Å². The molecule has 3 aromatic carbocycles. The Kier molecular flexibility index (Phi) is 6.03. The highest BCUT2D eigenvalue weighted by Crippen LogP contribution is 2.33. The number of benzene rings is 3. The van der Waals surface area contributed by atoms with E-state index in [0.717, 1.165) is 32.7 Å². The maximum absolute atomic E-state index is 6.30. The zero-order valence-corrected chi connectivity index (χ0v) is 15.5. The fraction of sp³-hybridized carbons (Fsp3) is 0.0952. The maximum atomic E-state index is 6.30. The van der Waals surface area contributed by atoms with E-state index >= 15 is 0 Å². The highest BCUT2D eigenvalue weighted by Gasteiger charge is 2.08. The summed E-state index contributed by atoms with van der Waals surface area (Å²) in [4.78, 5) is 2.16. The smallest absolute Gasteiger partial charge is 0.120 e. The molecule has 3 aromatic rings. The maximum Gasteiger partial charge on any atom is 0.120 e. The molecule has 0 aliphatic carbocycles. The van der Waals surface area contributed by atoms with E-state index in [-0.39, 0.29) is 0 Å². The third-order valence-electron chi connectivity index (χ3n) is 3.65. The normalized spacial score (nSPS) is 10.9. The summed E-state index contributed by atoms with van der Waals surface area (Å²) in [6.45, 7) is 2.41. The molecular weight excluding hydrogens is 350 g/mol. The van der Waals surface area contributed by atoms with Crippen molar-refractivity contribution in [3.63, 3.8) is 0 Å². The number of rotatable bonds is 6. The second kappa shape index (κ2) is 8.43. The lowest BCUT2D eigenvalue weighted by molar-refractivity contribution is 0.305. The van der Waals surface area contributed by atoms with E-state index in [9.17, 15) is 0 Å². The molecular formula is C21H19ClNOS. The predicted molar refractivity (Wildman–Crippen MR) is 105 cm³/mol. The SMILES string of the molecule is C[C](N)c1ccc(Sc2cccc(OCc3ccccc3)c2)cc1Cl. The number of hydrogen-bond donors (Lipinski definition) is 1. The van der Waals surface area contributed by atoms with Crippen molar-refractivity contribution in [3.05, 3.63) is 95.0 Å². The molecule has 1 radical (unpaired) electrons. The highest BCUT2D eigenvalue weighted by molar-refractivity contribution is 7.99. The number of hydrogen-bond acceptors (Lipinski definition) is 3. The number of ether oxygens (including phenoxy) is 1. The lowest BCUT2D eigenvalue weighted by Crippen LogP contribution is -2.06. The molecule has 0 fully saturated rings. The van der Waals surface area contributed by atoms with Crippen molar-refractivity contribution in [2.24, 2.45) is 5.73 Å². The van der Waals surface area contributed by atoms with E-state index in [1.54, 1.807) is 11.8 Å². The van der Waals surface area contributed by atoms with Crippen molar-refractivity contribution in [1.29, 1.82) is 0 Å². The Balaban J connectivity index is 1.68. The van der Waals surface area contributed by atoms with Crippen LogP contribution in [0.4, 0.5) is 0 Å². The van der Waals surface area contributed by atoms with Crippen LogP contribution in [0, 0.1) is 6.04 Å². The van der Waals surface area contributed by atoms with Gasteiger partial charge in [0.05, 0.1) is 6.04 Å². The molecule has 0 saturated heterocycles. The number of nitrogens with two attached hydrogens (primary N) is 1. The van der Waals surface area contributed by atoms with E-state index in [1.807, 2.05) is 61.5 Å². The van der Waals surface area contributed by atoms with Crippen LogP contribution in [0.1, 0.15) is 18.1 Å². The molecule has 4 heteroatoms. The van der Waals surface area contributed by atoms with Gasteiger partial charge in [0.15, 0.2) is 0 Å². The van der Waals surface area contributed by atoms with Crippen LogP contribution in [0.5, 0.6) is 5.75 Å². The Hall–Kier alpha value is -1.94. The van der Waals surface area contributed by atoms with Crippen molar-refractivity contribution in [2.45, 2.75) is 23.3 Å². The van der Waals surface area contributed by atoms with Crippen LogP contribution in [0.2, 0.25) is 5.02 Å². The standard InChI is InChI=1S/C21H19ClNOS/c1-15(23)20-11-10-19(13-21(20)22)25-18-9-5-8-17(12-18)24-14-16-6-3-2-4-7-16/h2-13H,14,23H2,1H3. The van der Waals surface area contributed by atoms with Gasteiger partial charge in [0.2, 0.25) is 0 Å². The molecule has 25 heavy (non-hydrogen) atoms. The molecule has 2 nitrogen and oxygen atoms in total. The van der Waals surface area contributed by atoms with Crippen LogP contribution < -0.4 is 10.5 Å². The monoisotopic (exact) mass is 368 g/mol. The molecule has 0 heterocycles. The molecule has 127 valence electrons. The summed E-state index contributed by atoms with van der Waals surface area (Å²) in [5.41, 5.74) is 7.86. The molecule has 0 bridgehead atoms. The summed E-state index contributed by atoms with van der Waals surface area (Å²) in [7, 11) is 0. The predicted octanol–water partition coefficient (Wildman–Crippen LogP) is 5.93. The van der Waals surface area contributed by atoms with Crippen LogP contribution >= 0.6 is 23.4 Å². The van der Waals surface area contributed by atoms with Crippen molar-refractivity contribution in [3.8, 4) is 5.75 Å². The largest absolute Gasteiger partial charge is 0.489 e. The Labute approximate surface area is 158 Å². The first-order valence-corrected chi connectivity index (χ1v) is 9.15. The van der Waals surface area contributed by atoms with Gasteiger partial charge in [-0.15, -0.1) is 0 Å². The first-order valence-electron chi connectivity index (χ1n) is 7.95. The molecule has 0 aliphatic rings. The second-order valence-electron chi connectivity index (χ2n) is 5.68.